The van der Waals surface area contributed by atoms with E-state index in [4.69, 9.17) is 46.4 Å². The Morgan fingerprint density at radius 2 is 1.51 bits per heavy atom. The summed E-state index contributed by atoms with van der Waals surface area (Å²) in [5.74, 6) is -2.45. The van der Waals surface area contributed by atoms with Gasteiger partial charge in [0.2, 0.25) is 5.91 Å². The number of carbonyl (C=O) groups is 3. The fraction of sp³-hybridized carbons (Fsp3) is 0.192. The third-order valence-corrected chi connectivity index (χ3v) is 8.76. The lowest BCUT2D eigenvalue weighted by atomic mass is 10.1. The smallest absolute Gasteiger partial charge is 0.338 e. The van der Waals surface area contributed by atoms with Crippen molar-refractivity contribution in [3.63, 3.8) is 0 Å². The number of benzene rings is 3. The van der Waals surface area contributed by atoms with Crippen LogP contribution >= 0.6 is 58.2 Å². The Balaban J connectivity index is 1.82. The van der Waals surface area contributed by atoms with Gasteiger partial charge in [-0.25, -0.2) is 4.79 Å². The minimum atomic E-state index is -1.49. The monoisotopic (exact) mass is 598 g/mol. The fourth-order valence-corrected chi connectivity index (χ4v) is 5.51. The Kier molecular flexibility index (Phi) is 9.78. The van der Waals surface area contributed by atoms with E-state index in [0.717, 1.165) is 21.7 Å². The maximum Gasteiger partial charge on any atom is 0.338 e. The van der Waals surface area contributed by atoms with Crippen LogP contribution in [0, 0.1) is 13.8 Å². The zero-order valence-electron chi connectivity index (χ0n) is 19.9. The molecule has 3 aromatic rings. The highest BCUT2D eigenvalue weighted by molar-refractivity contribution is 8.00. The van der Waals surface area contributed by atoms with E-state index in [1.165, 1.54) is 11.8 Å². The van der Waals surface area contributed by atoms with Crippen LogP contribution in [0.4, 0.5) is 11.4 Å². The van der Waals surface area contributed by atoms with Crippen molar-refractivity contribution in [2.45, 2.75) is 37.3 Å². The maximum absolute atomic E-state index is 13.0. The molecule has 1 atom stereocenters. The third-order valence-electron chi connectivity index (χ3n) is 5.60. The molecule has 37 heavy (non-hydrogen) atoms. The Labute approximate surface area is 238 Å². The molecule has 0 aliphatic carbocycles. The van der Waals surface area contributed by atoms with Crippen LogP contribution in [0.1, 0.15) is 45.2 Å². The summed E-state index contributed by atoms with van der Waals surface area (Å²) in [4.78, 5) is 38.5. The first-order chi connectivity index (χ1) is 17.5. The number of anilines is 2. The third kappa shape index (κ3) is 6.54. The summed E-state index contributed by atoms with van der Waals surface area (Å²) in [5.41, 5.74) is 2.23. The molecule has 0 aliphatic rings. The molecule has 2 amide bonds. The molecular formula is C26H22Cl4N2O4S. The molecule has 3 N–H and O–H groups in total. The van der Waals surface area contributed by atoms with Gasteiger partial charge in [0.1, 0.15) is 0 Å². The van der Waals surface area contributed by atoms with Crippen molar-refractivity contribution >= 4 is 87.3 Å². The number of nitrogens with one attached hydrogen (secondary N) is 2. The number of amides is 2. The molecular weight excluding hydrogens is 578 g/mol. The summed E-state index contributed by atoms with van der Waals surface area (Å²) in [5, 5.41) is 13.6. The summed E-state index contributed by atoms with van der Waals surface area (Å²) in [7, 11) is 0. The minimum Gasteiger partial charge on any atom is -0.478 e. The van der Waals surface area contributed by atoms with Gasteiger partial charge in [-0.3, -0.25) is 9.59 Å². The van der Waals surface area contributed by atoms with Gasteiger partial charge < -0.3 is 15.7 Å². The van der Waals surface area contributed by atoms with E-state index in [2.05, 4.69) is 10.6 Å². The van der Waals surface area contributed by atoms with E-state index >= 15 is 0 Å². The van der Waals surface area contributed by atoms with Crippen molar-refractivity contribution in [2.75, 3.05) is 10.6 Å². The standard InChI is InChI=1S/C26H22Cl4N2O4S/c1-4-17(24(33)32-16-10-5-7-12(2)13(16)3)37-15-9-6-8-14(11-15)31-25(34)18-19(26(35)36)21(28)23(30)22(29)20(18)27/h5-11,17H,4H2,1-3H3,(H,31,34)(H,32,33)(H,35,36). The summed E-state index contributed by atoms with van der Waals surface area (Å²) in [6.45, 7) is 5.85. The second kappa shape index (κ2) is 12.4. The summed E-state index contributed by atoms with van der Waals surface area (Å²) in [6, 6.07) is 12.5. The Hall–Kier alpha value is -2.42. The van der Waals surface area contributed by atoms with Gasteiger partial charge in [-0.1, -0.05) is 71.5 Å². The predicted octanol–water partition coefficient (Wildman–Crippen LogP) is 8.38. The average molecular weight is 600 g/mol. The lowest BCUT2D eigenvalue weighted by molar-refractivity contribution is -0.115. The van der Waals surface area contributed by atoms with Crippen molar-refractivity contribution < 1.29 is 19.5 Å². The largest absolute Gasteiger partial charge is 0.478 e. The molecule has 0 saturated carbocycles. The lowest BCUT2D eigenvalue weighted by Crippen LogP contribution is -2.25. The zero-order valence-corrected chi connectivity index (χ0v) is 23.8. The lowest BCUT2D eigenvalue weighted by Gasteiger charge is -2.17. The molecule has 0 heterocycles. The number of aryl methyl sites for hydroxylation is 1. The molecule has 0 saturated heterocycles. The highest BCUT2D eigenvalue weighted by atomic mass is 35.5. The van der Waals surface area contributed by atoms with Crippen molar-refractivity contribution in [2.24, 2.45) is 0 Å². The van der Waals surface area contributed by atoms with Crippen LogP contribution in [-0.2, 0) is 4.79 Å². The maximum atomic E-state index is 13.0. The summed E-state index contributed by atoms with van der Waals surface area (Å²) in [6.07, 6.45) is 0.567. The Bertz CT molecular complexity index is 1400. The van der Waals surface area contributed by atoms with Gasteiger partial charge in [0.15, 0.2) is 0 Å². The molecule has 11 heteroatoms. The van der Waals surface area contributed by atoms with Crippen LogP contribution < -0.4 is 10.6 Å². The molecule has 3 aromatic carbocycles. The molecule has 0 fully saturated rings. The highest BCUT2D eigenvalue weighted by Gasteiger charge is 2.29. The zero-order chi connectivity index (χ0) is 27.4. The van der Waals surface area contributed by atoms with E-state index in [9.17, 15) is 19.5 Å². The fourth-order valence-electron chi connectivity index (χ4n) is 3.47. The number of carboxylic acid groups (broad SMARTS) is 1. The van der Waals surface area contributed by atoms with E-state index < -0.39 is 33.3 Å². The number of hydrogen-bond acceptors (Lipinski definition) is 4. The van der Waals surface area contributed by atoms with E-state index in [0.29, 0.717) is 12.1 Å². The minimum absolute atomic E-state index is 0.140. The van der Waals surface area contributed by atoms with E-state index in [1.54, 1.807) is 24.3 Å². The number of aromatic carboxylic acids is 1. The van der Waals surface area contributed by atoms with Gasteiger partial charge >= 0.3 is 5.97 Å². The van der Waals surface area contributed by atoms with Crippen LogP contribution in [0.5, 0.6) is 0 Å². The van der Waals surface area contributed by atoms with Crippen LogP contribution in [0.2, 0.25) is 20.1 Å². The van der Waals surface area contributed by atoms with Crippen LogP contribution in [-0.4, -0.2) is 28.1 Å². The molecule has 0 aromatic heterocycles. The number of thioether (sulfide) groups is 1. The van der Waals surface area contributed by atoms with Crippen LogP contribution in [0.25, 0.3) is 0 Å². The van der Waals surface area contributed by atoms with Gasteiger partial charge in [-0.05, 0) is 55.7 Å². The molecule has 0 bridgehead atoms. The first-order valence-electron chi connectivity index (χ1n) is 11.0. The molecule has 0 aliphatic heterocycles. The second-order valence-corrected chi connectivity index (χ2v) is 10.8. The SMILES string of the molecule is CCC(Sc1cccc(NC(=O)c2c(Cl)c(Cl)c(Cl)c(Cl)c2C(=O)O)c1)C(=O)Nc1cccc(C)c1C. The van der Waals surface area contributed by atoms with Gasteiger partial charge in [0.25, 0.3) is 5.91 Å². The summed E-state index contributed by atoms with van der Waals surface area (Å²) >= 11 is 25.6. The Morgan fingerprint density at radius 1 is 0.892 bits per heavy atom. The molecule has 1 unspecified atom stereocenters. The molecule has 194 valence electrons. The van der Waals surface area contributed by atoms with Gasteiger partial charge in [0.05, 0.1) is 36.5 Å². The van der Waals surface area contributed by atoms with Crippen molar-refractivity contribution in [1.29, 1.82) is 0 Å². The average Bonchev–Trinajstić information content (AvgIpc) is 2.85. The summed E-state index contributed by atoms with van der Waals surface area (Å²) < 4.78 is 0. The Morgan fingerprint density at radius 3 is 2.14 bits per heavy atom. The number of carbonyl (C=O) groups excluding carboxylic acids is 2. The normalized spacial score (nSPS) is 11.6. The highest BCUT2D eigenvalue weighted by Crippen LogP contribution is 2.42. The van der Waals surface area contributed by atoms with Crippen molar-refractivity contribution in [3.8, 4) is 0 Å². The van der Waals surface area contributed by atoms with Gasteiger partial charge in [-0.15, -0.1) is 11.8 Å². The number of carboxylic acids is 1. The van der Waals surface area contributed by atoms with Crippen LogP contribution in [0.3, 0.4) is 0 Å². The van der Waals surface area contributed by atoms with E-state index in [1.807, 2.05) is 39.0 Å². The van der Waals surface area contributed by atoms with Gasteiger partial charge in [-0.2, -0.15) is 0 Å². The van der Waals surface area contributed by atoms with Gasteiger partial charge in [0, 0.05) is 16.3 Å². The predicted molar refractivity (Wildman–Crippen MR) is 152 cm³/mol. The first-order valence-corrected chi connectivity index (χ1v) is 13.4. The van der Waals surface area contributed by atoms with Crippen molar-refractivity contribution in [3.05, 3.63) is 84.8 Å². The number of halogens is 4. The van der Waals surface area contributed by atoms with Crippen molar-refractivity contribution in [1.82, 2.24) is 0 Å². The molecule has 3 rings (SSSR count). The molecule has 0 radical (unpaired) electrons. The molecule has 6 nitrogen and oxygen atoms in total. The number of hydrogen-bond donors (Lipinski definition) is 3. The molecule has 0 spiro atoms. The van der Waals surface area contributed by atoms with E-state index in [-0.39, 0.29) is 21.0 Å². The quantitative estimate of drug-likeness (QED) is 0.137. The van der Waals surface area contributed by atoms with Crippen LogP contribution in [0.15, 0.2) is 47.4 Å². The number of rotatable bonds is 8. The first kappa shape index (κ1) is 29.1. The topological polar surface area (TPSA) is 95.5 Å². The second-order valence-electron chi connectivity index (χ2n) is 8.04.